The topological polar surface area (TPSA) is 85.2 Å². The predicted molar refractivity (Wildman–Crippen MR) is 107 cm³/mol. The van der Waals surface area contributed by atoms with Crippen molar-refractivity contribution in [3.05, 3.63) is 36.3 Å². The molecule has 1 fully saturated rings. The molecule has 1 aromatic carbocycles. The molecular formula is C18H20N6O2S. The van der Waals surface area contributed by atoms with Crippen molar-refractivity contribution >= 4 is 40.2 Å². The van der Waals surface area contributed by atoms with Crippen molar-refractivity contribution < 1.29 is 9.53 Å². The van der Waals surface area contributed by atoms with E-state index in [4.69, 9.17) is 4.74 Å². The van der Waals surface area contributed by atoms with Gasteiger partial charge in [0.2, 0.25) is 5.82 Å². The number of aryl methyl sites for hydroxylation is 1. The molecule has 3 aromatic rings. The molecule has 3 heterocycles. The minimum Gasteiger partial charge on any atom is -0.497 e. The molecule has 0 unspecified atom stereocenters. The third-order valence-corrected chi connectivity index (χ3v) is 5.38. The predicted octanol–water partition coefficient (Wildman–Crippen LogP) is 2.18. The number of hydrogen-bond acceptors (Lipinski definition) is 7. The summed E-state index contributed by atoms with van der Waals surface area (Å²) in [6.45, 7) is 1.79. The quantitative estimate of drug-likeness (QED) is 0.738. The Bertz CT molecular complexity index is 966. The van der Waals surface area contributed by atoms with Crippen LogP contribution in [0.1, 0.15) is 10.6 Å². The Morgan fingerprint density at radius 2 is 1.93 bits per heavy atom. The Morgan fingerprint density at radius 3 is 2.63 bits per heavy atom. The third kappa shape index (κ3) is 3.55. The van der Waals surface area contributed by atoms with Crippen LogP contribution in [0.25, 0.3) is 11.0 Å². The summed E-state index contributed by atoms with van der Waals surface area (Å²) >= 11 is 1.92. The van der Waals surface area contributed by atoms with E-state index in [1.165, 1.54) is 0 Å². The smallest absolute Gasteiger partial charge is 0.293 e. The first-order valence-corrected chi connectivity index (χ1v) is 9.79. The van der Waals surface area contributed by atoms with Gasteiger partial charge in [0.05, 0.1) is 18.7 Å². The summed E-state index contributed by atoms with van der Waals surface area (Å²) in [5.74, 6) is 3.36. The standard InChI is InChI=1S/C18H20N6O2S/c1-23-16-14(11-19-23)17(24-7-9-27-10-8-24)22-15(21-16)18(25)20-12-3-5-13(26-2)6-4-12/h3-6,11H,7-10H2,1-2H3,(H,20,25). The average molecular weight is 384 g/mol. The van der Waals surface area contributed by atoms with E-state index in [0.29, 0.717) is 11.3 Å². The number of methoxy groups -OCH3 is 1. The second-order valence-corrected chi connectivity index (χ2v) is 7.38. The van der Waals surface area contributed by atoms with Crippen LogP contribution < -0.4 is 15.0 Å². The van der Waals surface area contributed by atoms with Crippen LogP contribution in [0.3, 0.4) is 0 Å². The van der Waals surface area contributed by atoms with E-state index in [9.17, 15) is 4.79 Å². The van der Waals surface area contributed by atoms with Gasteiger partial charge in [-0.25, -0.2) is 9.97 Å². The largest absolute Gasteiger partial charge is 0.497 e. The SMILES string of the molecule is COc1ccc(NC(=O)c2nc(N3CCSCC3)c3cnn(C)c3n2)cc1. The number of amides is 1. The number of benzene rings is 1. The van der Waals surface area contributed by atoms with Crippen molar-refractivity contribution in [2.45, 2.75) is 0 Å². The summed E-state index contributed by atoms with van der Waals surface area (Å²) in [6, 6.07) is 7.14. The van der Waals surface area contributed by atoms with Crippen LogP contribution in [-0.4, -0.2) is 57.4 Å². The van der Waals surface area contributed by atoms with Gasteiger partial charge in [0, 0.05) is 37.3 Å². The van der Waals surface area contributed by atoms with Crippen molar-refractivity contribution in [1.82, 2.24) is 19.7 Å². The average Bonchev–Trinajstić information content (AvgIpc) is 3.09. The van der Waals surface area contributed by atoms with Crippen molar-refractivity contribution in [3.63, 3.8) is 0 Å². The van der Waals surface area contributed by atoms with Crippen LogP contribution in [0, 0.1) is 0 Å². The maximum absolute atomic E-state index is 12.8. The third-order valence-electron chi connectivity index (χ3n) is 4.43. The Hall–Kier alpha value is -2.81. The van der Waals surface area contributed by atoms with E-state index in [0.717, 1.165) is 41.5 Å². The minimum absolute atomic E-state index is 0.134. The summed E-state index contributed by atoms with van der Waals surface area (Å²) in [6.07, 6.45) is 1.76. The van der Waals surface area contributed by atoms with Crippen LogP contribution in [0.2, 0.25) is 0 Å². The normalized spacial score (nSPS) is 14.4. The Balaban J connectivity index is 1.67. The van der Waals surface area contributed by atoms with Gasteiger partial charge < -0.3 is 15.0 Å². The molecule has 1 amide bonds. The maximum atomic E-state index is 12.8. The molecule has 8 nitrogen and oxygen atoms in total. The number of carbonyl (C=O) groups excluding carboxylic acids is 1. The number of carbonyl (C=O) groups is 1. The summed E-state index contributed by atoms with van der Waals surface area (Å²) < 4.78 is 6.81. The molecule has 0 aliphatic carbocycles. The molecule has 27 heavy (non-hydrogen) atoms. The Kier molecular flexibility index (Phi) is 4.85. The van der Waals surface area contributed by atoms with Gasteiger partial charge >= 0.3 is 0 Å². The number of thioether (sulfide) groups is 1. The summed E-state index contributed by atoms with van der Waals surface area (Å²) in [5, 5.41) is 8.00. The van der Waals surface area contributed by atoms with E-state index in [1.807, 2.05) is 18.8 Å². The molecule has 1 N–H and O–H groups in total. The second-order valence-electron chi connectivity index (χ2n) is 6.16. The van der Waals surface area contributed by atoms with Crippen molar-refractivity contribution in [1.29, 1.82) is 0 Å². The first-order chi connectivity index (χ1) is 13.2. The first kappa shape index (κ1) is 17.6. The number of nitrogens with one attached hydrogen (secondary N) is 1. The fraction of sp³-hybridized carbons (Fsp3) is 0.333. The number of hydrogen-bond donors (Lipinski definition) is 1. The molecule has 0 radical (unpaired) electrons. The molecule has 1 saturated heterocycles. The monoisotopic (exact) mass is 384 g/mol. The van der Waals surface area contributed by atoms with Crippen LogP contribution >= 0.6 is 11.8 Å². The van der Waals surface area contributed by atoms with Gasteiger partial charge in [0.15, 0.2) is 5.65 Å². The highest BCUT2D eigenvalue weighted by Crippen LogP contribution is 2.26. The number of fused-ring (bicyclic) bond motifs is 1. The lowest BCUT2D eigenvalue weighted by Gasteiger charge is -2.27. The van der Waals surface area contributed by atoms with Gasteiger partial charge in [-0.15, -0.1) is 0 Å². The van der Waals surface area contributed by atoms with Gasteiger partial charge in [-0.3, -0.25) is 9.48 Å². The van der Waals surface area contributed by atoms with Crippen LogP contribution in [0.5, 0.6) is 5.75 Å². The molecule has 1 aliphatic rings. The molecule has 0 bridgehead atoms. The highest BCUT2D eigenvalue weighted by molar-refractivity contribution is 7.99. The van der Waals surface area contributed by atoms with Gasteiger partial charge in [0.1, 0.15) is 11.6 Å². The first-order valence-electron chi connectivity index (χ1n) is 8.63. The molecule has 2 aromatic heterocycles. The molecule has 1 aliphatic heterocycles. The van der Waals surface area contributed by atoms with Crippen LogP contribution in [0.15, 0.2) is 30.5 Å². The number of rotatable bonds is 4. The fourth-order valence-corrected chi connectivity index (χ4v) is 3.89. The molecule has 0 spiro atoms. The lowest BCUT2D eigenvalue weighted by molar-refractivity contribution is 0.101. The Labute approximate surface area is 160 Å². The number of aromatic nitrogens is 4. The van der Waals surface area contributed by atoms with Crippen molar-refractivity contribution in [3.8, 4) is 5.75 Å². The highest BCUT2D eigenvalue weighted by Gasteiger charge is 2.21. The molecule has 140 valence electrons. The van der Waals surface area contributed by atoms with Crippen LogP contribution in [-0.2, 0) is 7.05 Å². The van der Waals surface area contributed by atoms with E-state index in [1.54, 1.807) is 42.3 Å². The summed E-state index contributed by atoms with van der Waals surface area (Å²) in [5.41, 5.74) is 1.31. The molecular weight excluding hydrogens is 364 g/mol. The fourth-order valence-electron chi connectivity index (χ4n) is 2.99. The molecule has 0 atom stereocenters. The minimum atomic E-state index is -0.351. The second kappa shape index (κ2) is 7.43. The number of anilines is 2. The maximum Gasteiger partial charge on any atom is 0.293 e. The van der Waals surface area contributed by atoms with Gasteiger partial charge in [0.25, 0.3) is 5.91 Å². The Morgan fingerprint density at radius 1 is 1.19 bits per heavy atom. The van der Waals surface area contributed by atoms with E-state index < -0.39 is 0 Å². The van der Waals surface area contributed by atoms with Crippen molar-refractivity contribution in [2.75, 3.05) is 41.9 Å². The van der Waals surface area contributed by atoms with Crippen molar-refractivity contribution in [2.24, 2.45) is 7.05 Å². The molecule has 0 saturated carbocycles. The molecule has 4 rings (SSSR count). The van der Waals surface area contributed by atoms with E-state index in [2.05, 4.69) is 25.3 Å². The zero-order valence-corrected chi connectivity index (χ0v) is 16.0. The van der Waals surface area contributed by atoms with E-state index >= 15 is 0 Å². The number of nitrogens with zero attached hydrogens (tertiary/aromatic N) is 5. The zero-order chi connectivity index (χ0) is 18.8. The number of ether oxygens (including phenoxy) is 1. The van der Waals surface area contributed by atoms with Crippen LogP contribution in [0.4, 0.5) is 11.5 Å². The summed E-state index contributed by atoms with van der Waals surface area (Å²) in [4.78, 5) is 24.0. The summed E-state index contributed by atoms with van der Waals surface area (Å²) in [7, 11) is 3.42. The van der Waals surface area contributed by atoms with Gasteiger partial charge in [-0.05, 0) is 24.3 Å². The molecule has 9 heteroatoms. The lowest BCUT2D eigenvalue weighted by atomic mass is 10.3. The van der Waals surface area contributed by atoms with Gasteiger partial charge in [-0.2, -0.15) is 16.9 Å². The lowest BCUT2D eigenvalue weighted by Crippen LogP contribution is -2.34. The highest BCUT2D eigenvalue weighted by atomic mass is 32.2. The van der Waals surface area contributed by atoms with E-state index in [-0.39, 0.29) is 11.7 Å². The zero-order valence-electron chi connectivity index (χ0n) is 15.2. The van der Waals surface area contributed by atoms with Gasteiger partial charge in [-0.1, -0.05) is 0 Å².